The molecule has 3 unspecified atom stereocenters. The molecule has 1 saturated carbocycles. The monoisotopic (exact) mass is 327 g/mol. The van der Waals surface area contributed by atoms with Crippen LogP contribution in [0.2, 0.25) is 10.0 Å². The fourth-order valence-electron chi connectivity index (χ4n) is 3.59. The van der Waals surface area contributed by atoms with Crippen molar-refractivity contribution in [2.45, 2.75) is 51.9 Å². The highest BCUT2D eigenvalue weighted by atomic mass is 35.5. The first-order valence-corrected chi connectivity index (χ1v) is 9.07. The molecule has 0 heterocycles. The lowest BCUT2D eigenvalue weighted by atomic mass is 9.70. The van der Waals surface area contributed by atoms with E-state index in [-0.39, 0.29) is 0 Å². The average molecular weight is 328 g/mol. The van der Waals surface area contributed by atoms with E-state index in [1.54, 1.807) is 0 Å². The van der Waals surface area contributed by atoms with E-state index in [0.717, 1.165) is 24.0 Å². The number of halogens is 2. The molecule has 2 rings (SSSR count). The molecule has 1 N–H and O–H groups in total. The van der Waals surface area contributed by atoms with E-state index in [0.29, 0.717) is 16.9 Å². The van der Waals surface area contributed by atoms with Gasteiger partial charge in [0.05, 0.1) is 10.0 Å². The molecule has 1 aromatic carbocycles. The molecule has 21 heavy (non-hydrogen) atoms. The van der Waals surface area contributed by atoms with Crippen molar-refractivity contribution in [2.75, 3.05) is 13.1 Å². The largest absolute Gasteiger partial charge is 0.316 e. The van der Waals surface area contributed by atoms with Crippen LogP contribution in [0.5, 0.6) is 0 Å². The van der Waals surface area contributed by atoms with Crippen LogP contribution in [0.3, 0.4) is 0 Å². The van der Waals surface area contributed by atoms with Crippen molar-refractivity contribution in [3.8, 4) is 0 Å². The van der Waals surface area contributed by atoms with Crippen molar-refractivity contribution in [2.24, 2.45) is 11.8 Å². The van der Waals surface area contributed by atoms with Gasteiger partial charge in [-0.2, -0.15) is 0 Å². The summed E-state index contributed by atoms with van der Waals surface area (Å²) in [4.78, 5) is 0. The lowest BCUT2D eigenvalue weighted by Gasteiger charge is -2.37. The van der Waals surface area contributed by atoms with Crippen LogP contribution in [-0.2, 0) is 0 Å². The Morgan fingerprint density at radius 2 is 2.00 bits per heavy atom. The summed E-state index contributed by atoms with van der Waals surface area (Å²) in [5, 5.41) is 5.05. The highest BCUT2D eigenvalue weighted by Crippen LogP contribution is 2.44. The standard InChI is InChI=1S/C18H27Cl2N/c1-3-10-21-12-14-9-8-13(4-2)11-16(14)15-6-5-7-17(19)18(15)20/h5-7,13-14,16,21H,3-4,8-12H2,1-2H3. The van der Waals surface area contributed by atoms with Gasteiger partial charge in [0.25, 0.3) is 0 Å². The van der Waals surface area contributed by atoms with Gasteiger partial charge in [-0.3, -0.25) is 0 Å². The molecule has 1 aromatic rings. The topological polar surface area (TPSA) is 12.0 Å². The summed E-state index contributed by atoms with van der Waals surface area (Å²) in [5.74, 6) is 2.04. The summed E-state index contributed by atoms with van der Waals surface area (Å²) in [6.45, 7) is 6.71. The van der Waals surface area contributed by atoms with E-state index in [1.807, 2.05) is 12.1 Å². The van der Waals surface area contributed by atoms with E-state index >= 15 is 0 Å². The fourth-order valence-corrected chi connectivity index (χ4v) is 4.04. The van der Waals surface area contributed by atoms with Crippen molar-refractivity contribution in [3.63, 3.8) is 0 Å². The first kappa shape index (κ1) is 17.1. The van der Waals surface area contributed by atoms with Crippen molar-refractivity contribution in [1.82, 2.24) is 5.32 Å². The number of nitrogens with one attached hydrogen (secondary N) is 1. The van der Waals surface area contributed by atoms with Crippen LogP contribution in [0.4, 0.5) is 0 Å². The Balaban J connectivity index is 2.17. The summed E-state index contributed by atoms with van der Waals surface area (Å²) in [5.41, 5.74) is 1.26. The van der Waals surface area contributed by atoms with Gasteiger partial charge in [-0.1, -0.05) is 62.0 Å². The zero-order chi connectivity index (χ0) is 15.2. The fraction of sp³-hybridized carbons (Fsp3) is 0.667. The molecule has 0 aliphatic heterocycles. The SMILES string of the molecule is CCCNCC1CCC(CC)CC1c1cccc(Cl)c1Cl. The maximum Gasteiger partial charge on any atom is 0.0627 e. The second kappa shape index (κ2) is 8.41. The highest BCUT2D eigenvalue weighted by Gasteiger charge is 2.32. The van der Waals surface area contributed by atoms with Crippen LogP contribution < -0.4 is 5.32 Å². The summed E-state index contributed by atoms with van der Waals surface area (Å²) >= 11 is 12.7. The molecule has 3 atom stereocenters. The molecule has 0 saturated heterocycles. The van der Waals surface area contributed by atoms with Crippen LogP contribution in [0.1, 0.15) is 57.4 Å². The third-order valence-electron chi connectivity index (χ3n) is 4.89. The van der Waals surface area contributed by atoms with Gasteiger partial charge in [-0.15, -0.1) is 0 Å². The second-order valence-corrected chi connectivity index (χ2v) is 7.09. The predicted molar refractivity (Wildman–Crippen MR) is 93.5 cm³/mol. The summed E-state index contributed by atoms with van der Waals surface area (Å²) in [7, 11) is 0. The van der Waals surface area contributed by atoms with Gasteiger partial charge in [0.2, 0.25) is 0 Å². The lowest BCUT2D eigenvalue weighted by molar-refractivity contribution is 0.226. The molecule has 0 spiro atoms. The maximum atomic E-state index is 6.49. The lowest BCUT2D eigenvalue weighted by Crippen LogP contribution is -2.32. The normalized spacial score (nSPS) is 26.0. The molecule has 0 amide bonds. The Hall–Kier alpha value is -0.240. The van der Waals surface area contributed by atoms with Gasteiger partial charge >= 0.3 is 0 Å². The Bertz CT molecular complexity index is 445. The van der Waals surface area contributed by atoms with Crippen molar-refractivity contribution < 1.29 is 0 Å². The first-order chi connectivity index (χ1) is 10.2. The molecule has 1 fully saturated rings. The van der Waals surface area contributed by atoms with E-state index in [1.165, 1.54) is 37.7 Å². The van der Waals surface area contributed by atoms with Gasteiger partial charge in [-0.05, 0) is 61.7 Å². The molecular weight excluding hydrogens is 301 g/mol. The number of rotatable bonds is 6. The molecule has 3 heteroatoms. The molecule has 0 aromatic heterocycles. The van der Waals surface area contributed by atoms with Crippen molar-refractivity contribution >= 4 is 23.2 Å². The number of benzene rings is 1. The number of hydrogen-bond donors (Lipinski definition) is 1. The van der Waals surface area contributed by atoms with Crippen LogP contribution in [0.25, 0.3) is 0 Å². The van der Waals surface area contributed by atoms with E-state index in [4.69, 9.17) is 23.2 Å². The van der Waals surface area contributed by atoms with Gasteiger partial charge in [0, 0.05) is 0 Å². The minimum atomic E-state index is 0.541. The summed E-state index contributed by atoms with van der Waals surface area (Å²) in [6, 6.07) is 6.09. The van der Waals surface area contributed by atoms with Gasteiger partial charge < -0.3 is 5.32 Å². The first-order valence-electron chi connectivity index (χ1n) is 8.31. The van der Waals surface area contributed by atoms with Gasteiger partial charge in [0.15, 0.2) is 0 Å². The quantitative estimate of drug-likeness (QED) is 0.641. The second-order valence-electron chi connectivity index (χ2n) is 6.30. The minimum absolute atomic E-state index is 0.541. The zero-order valence-electron chi connectivity index (χ0n) is 13.2. The molecule has 1 nitrogen and oxygen atoms in total. The molecular formula is C18H27Cl2N. The third kappa shape index (κ3) is 4.37. The van der Waals surface area contributed by atoms with Crippen LogP contribution in [0, 0.1) is 11.8 Å². The Morgan fingerprint density at radius 1 is 1.19 bits per heavy atom. The Kier molecular flexibility index (Phi) is 6.85. The highest BCUT2D eigenvalue weighted by molar-refractivity contribution is 6.42. The molecule has 0 radical (unpaired) electrons. The molecule has 0 bridgehead atoms. The summed E-state index contributed by atoms with van der Waals surface area (Å²) in [6.07, 6.45) is 6.35. The van der Waals surface area contributed by atoms with E-state index in [2.05, 4.69) is 25.2 Å². The third-order valence-corrected chi connectivity index (χ3v) is 5.73. The van der Waals surface area contributed by atoms with E-state index in [9.17, 15) is 0 Å². The predicted octanol–water partition coefficient (Wildman–Crippen LogP) is 5.90. The van der Waals surface area contributed by atoms with Crippen molar-refractivity contribution in [3.05, 3.63) is 33.8 Å². The summed E-state index contributed by atoms with van der Waals surface area (Å²) < 4.78 is 0. The maximum absolute atomic E-state index is 6.49. The Morgan fingerprint density at radius 3 is 2.71 bits per heavy atom. The van der Waals surface area contributed by atoms with Crippen molar-refractivity contribution in [1.29, 1.82) is 0 Å². The molecule has 118 valence electrons. The van der Waals surface area contributed by atoms with Gasteiger partial charge in [0.1, 0.15) is 0 Å². The van der Waals surface area contributed by atoms with Crippen LogP contribution >= 0.6 is 23.2 Å². The minimum Gasteiger partial charge on any atom is -0.316 e. The van der Waals surface area contributed by atoms with Crippen LogP contribution in [0.15, 0.2) is 18.2 Å². The van der Waals surface area contributed by atoms with Crippen LogP contribution in [-0.4, -0.2) is 13.1 Å². The molecule has 1 aliphatic carbocycles. The number of hydrogen-bond acceptors (Lipinski definition) is 1. The smallest absolute Gasteiger partial charge is 0.0627 e. The zero-order valence-corrected chi connectivity index (χ0v) is 14.7. The van der Waals surface area contributed by atoms with E-state index < -0.39 is 0 Å². The average Bonchev–Trinajstić information content (AvgIpc) is 2.51. The molecule has 1 aliphatic rings. The van der Waals surface area contributed by atoms with Gasteiger partial charge in [-0.25, -0.2) is 0 Å². The Labute approximate surface area is 139 Å².